The minimum Gasteiger partial charge on any atom is -0.494 e. The van der Waals surface area contributed by atoms with Gasteiger partial charge in [-0.1, -0.05) is 12.1 Å². The third kappa shape index (κ3) is 2.86. The van der Waals surface area contributed by atoms with E-state index in [9.17, 15) is 10.1 Å². The van der Waals surface area contributed by atoms with Crippen LogP contribution in [0.4, 0.5) is 0 Å². The highest BCUT2D eigenvalue weighted by atomic mass is 16.5. The minimum absolute atomic E-state index is 0.294. The van der Waals surface area contributed by atoms with E-state index >= 15 is 0 Å². The molecule has 2 aromatic rings. The summed E-state index contributed by atoms with van der Waals surface area (Å²) in [6.07, 6.45) is 3.15. The van der Waals surface area contributed by atoms with Crippen LogP contribution in [0, 0.1) is 11.3 Å². The third-order valence-electron chi connectivity index (χ3n) is 2.87. The van der Waals surface area contributed by atoms with Crippen LogP contribution in [0.25, 0.3) is 0 Å². The highest BCUT2D eigenvalue weighted by Gasteiger charge is 2.23. The zero-order valence-corrected chi connectivity index (χ0v) is 11.4. The number of hydrogen-bond donors (Lipinski definition) is 0. The van der Waals surface area contributed by atoms with Crippen molar-refractivity contribution < 1.29 is 9.53 Å². The highest BCUT2D eigenvalue weighted by molar-refractivity contribution is 6.01. The van der Waals surface area contributed by atoms with Crippen LogP contribution in [0.3, 0.4) is 0 Å². The average Bonchev–Trinajstić information content (AvgIpc) is 2.88. The molecule has 5 nitrogen and oxygen atoms in total. The molecule has 0 aliphatic heterocycles. The van der Waals surface area contributed by atoms with E-state index in [1.54, 1.807) is 48.4 Å². The lowest BCUT2D eigenvalue weighted by Gasteiger charge is -2.08. The zero-order valence-electron chi connectivity index (χ0n) is 11.4. The van der Waals surface area contributed by atoms with Crippen LogP contribution in [0.2, 0.25) is 0 Å². The van der Waals surface area contributed by atoms with Gasteiger partial charge in [-0.15, -0.1) is 0 Å². The molecule has 1 unspecified atom stereocenters. The standard InChI is InChI=1S/C15H15N3O2/c1-3-20-12-6-4-11(5-7-12)13(8-16)15(19)14-9-18(2)10-17-14/h4-7,9-10,13H,3H2,1-2H3. The predicted molar refractivity (Wildman–Crippen MR) is 73.5 cm³/mol. The van der Waals surface area contributed by atoms with Gasteiger partial charge in [0.2, 0.25) is 5.78 Å². The van der Waals surface area contributed by atoms with Crippen molar-refractivity contribution in [2.24, 2.45) is 7.05 Å². The number of carbonyl (C=O) groups is 1. The number of rotatable bonds is 5. The van der Waals surface area contributed by atoms with E-state index in [-0.39, 0.29) is 5.78 Å². The maximum atomic E-state index is 12.3. The Morgan fingerprint density at radius 3 is 2.65 bits per heavy atom. The molecule has 1 heterocycles. The molecule has 0 N–H and O–H groups in total. The number of ether oxygens (including phenoxy) is 1. The molecule has 0 aliphatic carbocycles. The fourth-order valence-electron chi connectivity index (χ4n) is 1.90. The molecule has 1 aromatic heterocycles. The topological polar surface area (TPSA) is 67.9 Å². The van der Waals surface area contributed by atoms with E-state index in [0.717, 1.165) is 5.75 Å². The fraction of sp³-hybridized carbons (Fsp3) is 0.267. The normalized spacial score (nSPS) is 11.7. The van der Waals surface area contributed by atoms with E-state index < -0.39 is 5.92 Å². The van der Waals surface area contributed by atoms with Gasteiger partial charge in [0.1, 0.15) is 17.4 Å². The van der Waals surface area contributed by atoms with Crippen LogP contribution >= 0.6 is 0 Å². The van der Waals surface area contributed by atoms with Gasteiger partial charge in [0.25, 0.3) is 0 Å². The summed E-state index contributed by atoms with van der Waals surface area (Å²) < 4.78 is 7.02. The lowest BCUT2D eigenvalue weighted by Crippen LogP contribution is -2.11. The number of nitrogens with zero attached hydrogens (tertiary/aromatic N) is 3. The number of aryl methyl sites for hydroxylation is 1. The summed E-state index contributed by atoms with van der Waals surface area (Å²) in [5.74, 6) is -0.420. The number of imidazole rings is 1. The van der Waals surface area contributed by atoms with Gasteiger partial charge in [0, 0.05) is 13.2 Å². The molecule has 1 atom stereocenters. The molecule has 0 amide bonds. The largest absolute Gasteiger partial charge is 0.494 e. The summed E-state index contributed by atoms with van der Waals surface area (Å²) in [5, 5.41) is 9.25. The number of benzene rings is 1. The molecule has 102 valence electrons. The number of hydrogen-bond acceptors (Lipinski definition) is 4. The first kappa shape index (κ1) is 13.8. The molecule has 0 spiro atoms. The Bertz CT molecular complexity index is 638. The maximum absolute atomic E-state index is 12.3. The van der Waals surface area contributed by atoms with Gasteiger partial charge in [-0.2, -0.15) is 5.26 Å². The van der Waals surface area contributed by atoms with E-state index in [4.69, 9.17) is 4.74 Å². The van der Waals surface area contributed by atoms with Crippen molar-refractivity contribution in [2.75, 3.05) is 6.61 Å². The smallest absolute Gasteiger partial charge is 0.204 e. The van der Waals surface area contributed by atoms with Crippen LogP contribution in [0.15, 0.2) is 36.8 Å². The summed E-state index contributed by atoms with van der Waals surface area (Å²) in [5.41, 5.74) is 0.944. The second kappa shape index (κ2) is 6.02. The van der Waals surface area contributed by atoms with E-state index in [1.807, 2.05) is 13.0 Å². The molecule has 0 fully saturated rings. The quantitative estimate of drug-likeness (QED) is 0.781. The van der Waals surface area contributed by atoms with Gasteiger partial charge in [0.05, 0.1) is 19.0 Å². The van der Waals surface area contributed by atoms with Crippen molar-refractivity contribution in [1.82, 2.24) is 9.55 Å². The van der Waals surface area contributed by atoms with Crippen molar-refractivity contribution in [3.8, 4) is 11.8 Å². The first-order valence-electron chi connectivity index (χ1n) is 6.30. The molecular formula is C15H15N3O2. The van der Waals surface area contributed by atoms with Crippen molar-refractivity contribution in [2.45, 2.75) is 12.8 Å². The zero-order chi connectivity index (χ0) is 14.5. The number of ketones is 1. The number of Topliss-reactive ketones (excluding diaryl/α,β-unsaturated/α-hetero) is 1. The van der Waals surface area contributed by atoms with Gasteiger partial charge in [0.15, 0.2) is 0 Å². The SMILES string of the molecule is CCOc1ccc(C(C#N)C(=O)c2cn(C)cn2)cc1. The third-order valence-corrected chi connectivity index (χ3v) is 2.87. The number of nitriles is 1. The van der Waals surface area contributed by atoms with E-state index in [0.29, 0.717) is 17.9 Å². The molecule has 0 aliphatic rings. The predicted octanol–water partition coefficient (Wildman–Crippen LogP) is 2.31. The van der Waals surface area contributed by atoms with E-state index in [1.165, 1.54) is 0 Å². The fourth-order valence-corrected chi connectivity index (χ4v) is 1.90. The van der Waals surface area contributed by atoms with Crippen LogP contribution < -0.4 is 4.74 Å². The summed E-state index contributed by atoms with van der Waals surface area (Å²) in [4.78, 5) is 16.3. The molecule has 5 heteroatoms. The van der Waals surface area contributed by atoms with Crippen molar-refractivity contribution in [1.29, 1.82) is 5.26 Å². The maximum Gasteiger partial charge on any atom is 0.204 e. The molecular weight excluding hydrogens is 254 g/mol. The Balaban J connectivity index is 2.24. The molecule has 1 aromatic carbocycles. The van der Waals surface area contributed by atoms with Gasteiger partial charge < -0.3 is 9.30 Å². The van der Waals surface area contributed by atoms with Crippen LogP contribution in [-0.2, 0) is 7.05 Å². The first-order valence-corrected chi connectivity index (χ1v) is 6.30. The molecule has 0 saturated carbocycles. The lowest BCUT2D eigenvalue weighted by molar-refractivity contribution is 0.0974. The second-order valence-electron chi connectivity index (χ2n) is 4.35. The minimum atomic E-state index is -0.847. The van der Waals surface area contributed by atoms with Crippen LogP contribution in [-0.4, -0.2) is 21.9 Å². The number of carbonyl (C=O) groups excluding carboxylic acids is 1. The van der Waals surface area contributed by atoms with Crippen molar-refractivity contribution in [3.05, 3.63) is 48.0 Å². The molecule has 0 bridgehead atoms. The molecule has 0 radical (unpaired) electrons. The second-order valence-corrected chi connectivity index (χ2v) is 4.35. The Labute approximate surface area is 117 Å². The monoisotopic (exact) mass is 269 g/mol. The van der Waals surface area contributed by atoms with Gasteiger partial charge in [-0.3, -0.25) is 4.79 Å². The average molecular weight is 269 g/mol. The Kier molecular flexibility index (Phi) is 4.16. The summed E-state index contributed by atoms with van der Waals surface area (Å²) >= 11 is 0. The molecule has 0 saturated heterocycles. The van der Waals surface area contributed by atoms with Crippen molar-refractivity contribution >= 4 is 5.78 Å². The summed E-state index contributed by atoms with van der Waals surface area (Å²) in [6, 6.07) is 9.03. The van der Waals surface area contributed by atoms with Gasteiger partial charge >= 0.3 is 0 Å². The van der Waals surface area contributed by atoms with Gasteiger partial charge in [-0.05, 0) is 24.6 Å². The first-order chi connectivity index (χ1) is 9.65. The lowest BCUT2D eigenvalue weighted by atomic mass is 9.94. The summed E-state index contributed by atoms with van der Waals surface area (Å²) in [7, 11) is 1.78. The van der Waals surface area contributed by atoms with Crippen molar-refractivity contribution in [3.63, 3.8) is 0 Å². The van der Waals surface area contributed by atoms with Crippen LogP contribution in [0.1, 0.15) is 28.9 Å². The Morgan fingerprint density at radius 2 is 2.15 bits per heavy atom. The van der Waals surface area contributed by atoms with E-state index in [2.05, 4.69) is 4.98 Å². The van der Waals surface area contributed by atoms with Gasteiger partial charge in [-0.25, -0.2) is 4.98 Å². The molecule has 2 rings (SSSR count). The Morgan fingerprint density at radius 1 is 1.45 bits per heavy atom. The van der Waals surface area contributed by atoms with Crippen LogP contribution in [0.5, 0.6) is 5.75 Å². The Hall–Kier alpha value is -2.61. The summed E-state index contributed by atoms with van der Waals surface area (Å²) in [6.45, 7) is 2.48. The molecule has 20 heavy (non-hydrogen) atoms. The number of aromatic nitrogens is 2. The highest BCUT2D eigenvalue weighted by Crippen LogP contribution is 2.22.